The molecule has 6 nitrogen and oxygen atoms in total. The first-order valence-corrected chi connectivity index (χ1v) is 8.21. The maximum absolute atomic E-state index is 11.8. The van der Waals surface area contributed by atoms with Crippen LogP contribution in [0.5, 0.6) is 0 Å². The van der Waals surface area contributed by atoms with Gasteiger partial charge in [-0.25, -0.2) is 4.79 Å². The number of ether oxygens (including phenoxy) is 2. The Morgan fingerprint density at radius 2 is 2.04 bits per heavy atom. The topological polar surface area (TPSA) is 68.0 Å². The number of anilines is 1. The van der Waals surface area contributed by atoms with E-state index in [1.807, 2.05) is 18.2 Å². The number of nitrogens with zero attached hydrogens (tertiary/aromatic N) is 2. The zero-order chi connectivity index (χ0) is 16.2. The first-order chi connectivity index (χ1) is 11.2. The van der Waals surface area contributed by atoms with E-state index in [9.17, 15) is 4.79 Å². The highest BCUT2D eigenvalue weighted by atomic mass is 35.5. The molecule has 2 fully saturated rings. The molecule has 1 aromatic carbocycles. The van der Waals surface area contributed by atoms with Crippen LogP contribution in [-0.2, 0) is 9.47 Å². The molecule has 0 saturated carbocycles. The third-order valence-corrected chi connectivity index (χ3v) is 4.70. The summed E-state index contributed by atoms with van der Waals surface area (Å²) in [6.07, 6.45) is 2.24. The number of likely N-dealkylation sites (tertiary alicyclic amines) is 1. The highest BCUT2D eigenvalue weighted by Crippen LogP contribution is 2.25. The van der Waals surface area contributed by atoms with Crippen molar-refractivity contribution in [3.8, 4) is 0 Å². The maximum Gasteiger partial charge on any atom is 0.337 e. The second-order valence-electron chi connectivity index (χ2n) is 6.16. The molecule has 2 saturated heterocycles. The van der Waals surface area contributed by atoms with E-state index in [2.05, 4.69) is 9.80 Å². The normalized spacial score (nSPS) is 22.8. The van der Waals surface area contributed by atoms with Gasteiger partial charge in [0.05, 0.1) is 25.9 Å². The fraction of sp³-hybridized carbons (Fsp3) is 0.588. The number of hydrogen-bond donors (Lipinski definition) is 1. The number of methoxy groups -OCH3 is 1. The molecule has 0 spiro atoms. The van der Waals surface area contributed by atoms with Crippen molar-refractivity contribution in [2.24, 2.45) is 5.73 Å². The lowest BCUT2D eigenvalue weighted by molar-refractivity contribution is 0.0200. The zero-order valence-electron chi connectivity index (χ0n) is 14.0. The van der Waals surface area contributed by atoms with Gasteiger partial charge in [-0.2, -0.15) is 0 Å². The Morgan fingerprint density at radius 1 is 1.29 bits per heavy atom. The maximum atomic E-state index is 11.8. The first-order valence-electron chi connectivity index (χ1n) is 8.21. The molecule has 0 aromatic heterocycles. The lowest BCUT2D eigenvalue weighted by Gasteiger charge is -2.45. The predicted octanol–water partition coefficient (Wildman–Crippen LogP) is 1.48. The molecule has 7 heteroatoms. The van der Waals surface area contributed by atoms with Crippen LogP contribution >= 0.6 is 12.4 Å². The zero-order valence-corrected chi connectivity index (χ0v) is 14.8. The van der Waals surface area contributed by atoms with Crippen molar-refractivity contribution in [1.29, 1.82) is 0 Å². The molecule has 2 aliphatic rings. The summed E-state index contributed by atoms with van der Waals surface area (Å²) in [5, 5.41) is 0. The Morgan fingerprint density at radius 3 is 2.75 bits per heavy atom. The van der Waals surface area contributed by atoms with E-state index in [-0.39, 0.29) is 24.5 Å². The Bertz CT molecular complexity index is 550. The third kappa shape index (κ3) is 4.19. The Labute approximate surface area is 149 Å². The molecule has 1 atom stereocenters. The summed E-state index contributed by atoms with van der Waals surface area (Å²) < 4.78 is 10.5. The molecule has 2 heterocycles. The molecule has 2 aliphatic heterocycles. The Balaban J connectivity index is 0.00000208. The molecule has 134 valence electrons. The van der Waals surface area contributed by atoms with Crippen LogP contribution in [0.4, 0.5) is 5.69 Å². The van der Waals surface area contributed by atoms with Crippen molar-refractivity contribution in [2.45, 2.75) is 25.0 Å². The fourth-order valence-corrected chi connectivity index (χ4v) is 3.34. The van der Waals surface area contributed by atoms with E-state index in [1.54, 1.807) is 6.07 Å². The predicted molar refractivity (Wildman–Crippen MR) is 95.8 cm³/mol. The van der Waals surface area contributed by atoms with Gasteiger partial charge in [0.2, 0.25) is 0 Å². The summed E-state index contributed by atoms with van der Waals surface area (Å²) in [6, 6.07) is 7.94. The van der Waals surface area contributed by atoms with Gasteiger partial charge in [0.1, 0.15) is 6.17 Å². The van der Waals surface area contributed by atoms with Crippen molar-refractivity contribution in [3.63, 3.8) is 0 Å². The number of benzene rings is 1. The largest absolute Gasteiger partial charge is 0.465 e. The summed E-state index contributed by atoms with van der Waals surface area (Å²) in [4.78, 5) is 16.5. The summed E-state index contributed by atoms with van der Waals surface area (Å²) in [6.45, 7) is 4.17. The number of nitrogens with two attached hydrogens (primary N) is 1. The van der Waals surface area contributed by atoms with E-state index in [4.69, 9.17) is 15.2 Å². The molecule has 3 rings (SSSR count). The van der Waals surface area contributed by atoms with E-state index < -0.39 is 0 Å². The molecule has 0 bridgehead atoms. The van der Waals surface area contributed by atoms with E-state index in [0.29, 0.717) is 24.8 Å². The van der Waals surface area contributed by atoms with Crippen LogP contribution in [0.15, 0.2) is 24.3 Å². The van der Waals surface area contributed by atoms with Crippen LogP contribution in [0.1, 0.15) is 23.2 Å². The van der Waals surface area contributed by atoms with Crippen LogP contribution in [0.2, 0.25) is 0 Å². The average molecular weight is 356 g/mol. The number of carbonyl (C=O) groups is 1. The number of hydrogen-bond acceptors (Lipinski definition) is 6. The van der Waals surface area contributed by atoms with Crippen molar-refractivity contribution in [1.82, 2.24) is 4.90 Å². The minimum absolute atomic E-state index is 0. The van der Waals surface area contributed by atoms with Crippen LogP contribution in [0.3, 0.4) is 0 Å². The highest BCUT2D eigenvalue weighted by molar-refractivity contribution is 5.90. The van der Waals surface area contributed by atoms with Gasteiger partial charge >= 0.3 is 5.97 Å². The Kier molecular flexibility index (Phi) is 6.86. The van der Waals surface area contributed by atoms with Gasteiger partial charge in [0.15, 0.2) is 0 Å². The molecular formula is C17H26ClN3O3. The van der Waals surface area contributed by atoms with E-state index >= 15 is 0 Å². The first kappa shape index (κ1) is 19.0. The smallest absolute Gasteiger partial charge is 0.337 e. The van der Waals surface area contributed by atoms with E-state index in [0.717, 1.165) is 38.2 Å². The van der Waals surface area contributed by atoms with E-state index in [1.165, 1.54) is 7.11 Å². The van der Waals surface area contributed by atoms with Crippen molar-refractivity contribution in [3.05, 3.63) is 29.8 Å². The standard InChI is InChI=1S/C17H25N3O3.ClH/c1-22-17(21)13-3-2-4-15(11-13)20-9-10-23-12-16(20)19-7-5-14(18)6-8-19;/h2-4,11,14,16H,5-10,12,18H2,1H3;1H. The number of carbonyl (C=O) groups excluding carboxylic acids is 1. The second-order valence-corrected chi connectivity index (χ2v) is 6.16. The van der Waals surface area contributed by atoms with Gasteiger partial charge in [-0.15, -0.1) is 12.4 Å². The fourth-order valence-electron chi connectivity index (χ4n) is 3.34. The van der Waals surface area contributed by atoms with Gasteiger partial charge in [-0.3, -0.25) is 4.90 Å². The highest BCUT2D eigenvalue weighted by Gasteiger charge is 2.31. The summed E-state index contributed by atoms with van der Waals surface area (Å²) in [5.41, 5.74) is 7.64. The SMILES string of the molecule is COC(=O)c1cccc(N2CCOCC2N2CCC(N)CC2)c1.Cl. The van der Waals surface area contributed by atoms with Crippen molar-refractivity contribution < 1.29 is 14.3 Å². The molecule has 1 unspecified atom stereocenters. The van der Waals surface area contributed by atoms with Crippen LogP contribution in [0.25, 0.3) is 0 Å². The van der Waals surface area contributed by atoms with Gasteiger partial charge < -0.3 is 20.1 Å². The quantitative estimate of drug-likeness (QED) is 0.828. The molecule has 2 N–H and O–H groups in total. The number of morpholine rings is 1. The summed E-state index contributed by atoms with van der Waals surface area (Å²) >= 11 is 0. The van der Waals surface area contributed by atoms with Crippen LogP contribution < -0.4 is 10.6 Å². The minimum Gasteiger partial charge on any atom is -0.465 e. The van der Waals surface area contributed by atoms with Gasteiger partial charge in [-0.05, 0) is 31.0 Å². The molecule has 1 aromatic rings. The third-order valence-electron chi connectivity index (χ3n) is 4.70. The minimum atomic E-state index is -0.305. The molecule has 0 radical (unpaired) electrons. The molecule has 0 amide bonds. The number of piperidine rings is 1. The van der Waals surface area contributed by atoms with Crippen LogP contribution in [0, 0.1) is 0 Å². The Hall–Kier alpha value is -1.34. The lowest BCUT2D eigenvalue weighted by Crippen LogP contribution is -2.58. The second kappa shape index (κ2) is 8.67. The summed E-state index contributed by atoms with van der Waals surface area (Å²) in [7, 11) is 1.41. The molecule has 24 heavy (non-hydrogen) atoms. The molecular weight excluding hydrogens is 330 g/mol. The lowest BCUT2D eigenvalue weighted by atomic mass is 10.0. The van der Waals surface area contributed by atoms with Gasteiger partial charge in [-0.1, -0.05) is 6.07 Å². The molecule has 0 aliphatic carbocycles. The van der Waals surface area contributed by atoms with Gasteiger partial charge in [0, 0.05) is 31.4 Å². The average Bonchev–Trinajstić information content (AvgIpc) is 2.62. The number of esters is 1. The van der Waals surface area contributed by atoms with Crippen LogP contribution in [-0.4, -0.2) is 63.0 Å². The summed E-state index contributed by atoms with van der Waals surface area (Å²) in [5.74, 6) is -0.305. The monoisotopic (exact) mass is 355 g/mol. The number of halogens is 1. The number of rotatable bonds is 3. The van der Waals surface area contributed by atoms with Gasteiger partial charge in [0.25, 0.3) is 0 Å². The van der Waals surface area contributed by atoms with Crippen molar-refractivity contribution in [2.75, 3.05) is 44.9 Å². The van der Waals surface area contributed by atoms with Crippen molar-refractivity contribution >= 4 is 24.1 Å².